The molecular formula is C11H13ClFNO2. The third kappa shape index (κ3) is 2.51. The molecule has 1 heterocycles. The standard InChI is InChI=1S/C11H12FNO2.ClH/c12-9-4-3-7(6-8(9)11(14)15)10-2-1-5-13-10;/h3-4,6,10,13H,1-2,5H2,(H,14,15);1H. The molecule has 1 unspecified atom stereocenters. The molecule has 5 heteroatoms. The second kappa shape index (κ2) is 5.27. The lowest BCUT2D eigenvalue weighted by Crippen LogP contribution is -2.14. The fraction of sp³-hybridized carbons (Fsp3) is 0.364. The van der Waals surface area contributed by atoms with Crippen LogP contribution in [0.4, 0.5) is 4.39 Å². The Morgan fingerprint density at radius 1 is 1.50 bits per heavy atom. The van der Waals surface area contributed by atoms with E-state index in [0.29, 0.717) is 0 Å². The van der Waals surface area contributed by atoms with E-state index in [9.17, 15) is 9.18 Å². The monoisotopic (exact) mass is 245 g/mol. The Hall–Kier alpha value is -1.13. The molecule has 2 N–H and O–H groups in total. The first-order valence-electron chi connectivity index (χ1n) is 4.94. The lowest BCUT2D eigenvalue weighted by atomic mass is 10.0. The first-order valence-corrected chi connectivity index (χ1v) is 4.94. The maximum atomic E-state index is 13.1. The fourth-order valence-corrected chi connectivity index (χ4v) is 1.89. The van der Waals surface area contributed by atoms with E-state index < -0.39 is 11.8 Å². The van der Waals surface area contributed by atoms with E-state index in [2.05, 4.69) is 5.32 Å². The molecule has 3 nitrogen and oxygen atoms in total. The summed E-state index contributed by atoms with van der Waals surface area (Å²) < 4.78 is 13.1. The predicted molar refractivity (Wildman–Crippen MR) is 60.6 cm³/mol. The Morgan fingerprint density at radius 3 is 2.81 bits per heavy atom. The van der Waals surface area contributed by atoms with E-state index in [-0.39, 0.29) is 24.0 Å². The maximum Gasteiger partial charge on any atom is 0.338 e. The van der Waals surface area contributed by atoms with Gasteiger partial charge in [-0.1, -0.05) is 6.07 Å². The van der Waals surface area contributed by atoms with Gasteiger partial charge in [0, 0.05) is 6.04 Å². The molecule has 1 aromatic rings. The highest BCUT2D eigenvalue weighted by molar-refractivity contribution is 5.88. The van der Waals surface area contributed by atoms with Crippen molar-refractivity contribution in [1.29, 1.82) is 0 Å². The van der Waals surface area contributed by atoms with Gasteiger partial charge in [0.25, 0.3) is 0 Å². The van der Waals surface area contributed by atoms with Crippen molar-refractivity contribution < 1.29 is 14.3 Å². The Bertz CT molecular complexity index is 392. The molecule has 0 saturated carbocycles. The Morgan fingerprint density at radius 2 is 2.25 bits per heavy atom. The number of hydrogen-bond acceptors (Lipinski definition) is 2. The van der Waals surface area contributed by atoms with Gasteiger partial charge in [-0.05, 0) is 37.1 Å². The second-order valence-corrected chi connectivity index (χ2v) is 3.69. The summed E-state index contributed by atoms with van der Waals surface area (Å²) in [4.78, 5) is 10.7. The highest BCUT2D eigenvalue weighted by atomic mass is 35.5. The average molecular weight is 246 g/mol. The van der Waals surface area contributed by atoms with Crippen molar-refractivity contribution in [2.45, 2.75) is 18.9 Å². The summed E-state index contributed by atoms with van der Waals surface area (Å²) in [5.41, 5.74) is 0.604. The van der Waals surface area contributed by atoms with Crippen LogP contribution < -0.4 is 5.32 Å². The number of benzene rings is 1. The summed E-state index contributed by atoms with van der Waals surface area (Å²) in [7, 11) is 0. The number of nitrogens with one attached hydrogen (secondary N) is 1. The number of carboxylic acids is 1. The summed E-state index contributed by atoms with van der Waals surface area (Å²) >= 11 is 0. The topological polar surface area (TPSA) is 49.3 Å². The fourth-order valence-electron chi connectivity index (χ4n) is 1.89. The molecule has 1 aromatic carbocycles. The molecule has 0 radical (unpaired) electrons. The minimum Gasteiger partial charge on any atom is -0.478 e. The van der Waals surface area contributed by atoms with Crippen molar-refractivity contribution in [2.75, 3.05) is 6.54 Å². The molecular weight excluding hydrogens is 233 g/mol. The Kier molecular flexibility index (Phi) is 4.26. The van der Waals surface area contributed by atoms with E-state index >= 15 is 0 Å². The van der Waals surface area contributed by atoms with Crippen LogP contribution in [-0.2, 0) is 0 Å². The quantitative estimate of drug-likeness (QED) is 0.841. The summed E-state index contributed by atoms with van der Waals surface area (Å²) in [5.74, 6) is -1.89. The van der Waals surface area contributed by atoms with Gasteiger partial charge < -0.3 is 10.4 Å². The third-order valence-corrected chi connectivity index (χ3v) is 2.68. The number of carboxylic acid groups (broad SMARTS) is 1. The van der Waals surface area contributed by atoms with Gasteiger partial charge in [0.1, 0.15) is 5.82 Å². The SMILES string of the molecule is Cl.O=C(O)c1cc(C2CCCN2)ccc1F. The predicted octanol–water partition coefficient (Wildman–Crippen LogP) is 2.37. The van der Waals surface area contributed by atoms with Gasteiger partial charge in [0.15, 0.2) is 0 Å². The van der Waals surface area contributed by atoms with Gasteiger partial charge in [-0.2, -0.15) is 0 Å². The molecule has 1 aliphatic rings. The van der Waals surface area contributed by atoms with Crippen LogP contribution in [0, 0.1) is 5.82 Å². The van der Waals surface area contributed by atoms with Gasteiger partial charge in [-0.15, -0.1) is 12.4 Å². The lowest BCUT2D eigenvalue weighted by molar-refractivity contribution is 0.0691. The van der Waals surface area contributed by atoms with E-state index in [4.69, 9.17) is 5.11 Å². The van der Waals surface area contributed by atoms with Crippen LogP contribution in [0.3, 0.4) is 0 Å². The summed E-state index contributed by atoms with van der Waals surface area (Å²) in [6.45, 7) is 0.935. The number of halogens is 2. The van der Waals surface area contributed by atoms with Crippen molar-refractivity contribution in [1.82, 2.24) is 5.32 Å². The van der Waals surface area contributed by atoms with Gasteiger partial charge in [-0.25, -0.2) is 9.18 Å². The summed E-state index contributed by atoms with van der Waals surface area (Å²) in [6, 6.07) is 4.45. The van der Waals surface area contributed by atoms with Crippen molar-refractivity contribution in [3.05, 3.63) is 35.1 Å². The molecule has 2 rings (SSSR count). The number of hydrogen-bond donors (Lipinski definition) is 2. The van der Waals surface area contributed by atoms with Gasteiger partial charge in [-0.3, -0.25) is 0 Å². The second-order valence-electron chi connectivity index (χ2n) is 3.69. The van der Waals surface area contributed by atoms with Crippen LogP contribution in [0.1, 0.15) is 34.8 Å². The number of aromatic carboxylic acids is 1. The highest BCUT2D eigenvalue weighted by Crippen LogP contribution is 2.24. The van der Waals surface area contributed by atoms with Crippen LogP contribution in [0.2, 0.25) is 0 Å². The zero-order valence-corrected chi connectivity index (χ0v) is 9.39. The Labute approximate surface area is 99.1 Å². The Balaban J connectivity index is 0.00000128. The molecule has 1 fully saturated rings. The van der Waals surface area contributed by atoms with E-state index in [1.165, 1.54) is 12.1 Å². The van der Waals surface area contributed by atoms with E-state index in [0.717, 1.165) is 24.9 Å². The van der Waals surface area contributed by atoms with Crippen molar-refractivity contribution in [3.63, 3.8) is 0 Å². The van der Waals surface area contributed by atoms with Crippen molar-refractivity contribution >= 4 is 18.4 Å². The van der Waals surface area contributed by atoms with Crippen LogP contribution in [0.25, 0.3) is 0 Å². The van der Waals surface area contributed by atoms with E-state index in [1.807, 2.05) is 0 Å². The van der Waals surface area contributed by atoms with Crippen LogP contribution >= 0.6 is 12.4 Å². The van der Waals surface area contributed by atoms with Crippen LogP contribution in [-0.4, -0.2) is 17.6 Å². The molecule has 88 valence electrons. The number of rotatable bonds is 2. The first kappa shape index (κ1) is 12.9. The van der Waals surface area contributed by atoms with Gasteiger partial charge >= 0.3 is 5.97 Å². The molecule has 1 aliphatic heterocycles. The molecule has 1 saturated heterocycles. The molecule has 0 spiro atoms. The molecule has 1 atom stereocenters. The average Bonchev–Trinajstić information content (AvgIpc) is 2.71. The number of carbonyl (C=O) groups is 1. The van der Waals surface area contributed by atoms with Crippen molar-refractivity contribution in [3.8, 4) is 0 Å². The molecule has 0 bridgehead atoms. The smallest absolute Gasteiger partial charge is 0.338 e. The van der Waals surface area contributed by atoms with E-state index in [1.54, 1.807) is 6.07 Å². The van der Waals surface area contributed by atoms with Gasteiger partial charge in [0.05, 0.1) is 5.56 Å². The minimum atomic E-state index is -1.22. The van der Waals surface area contributed by atoms with Gasteiger partial charge in [0.2, 0.25) is 0 Å². The first-order chi connectivity index (χ1) is 7.18. The van der Waals surface area contributed by atoms with Crippen molar-refractivity contribution in [2.24, 2.45) is 0 Å². The van der Waals surface area contributed by atoms with Crippen LogP contribution in [0.15, 0.2) is 18.2 Å². The lowest BCUT2D eigenvalue weighted by Gasteiger charge is -2.11. The molecule has 0 aromatic heterocycles. The zero-order chi connectivity index (χ0) is 10.8. The molecule has 0 amide bonds. The minimum absolute atomic E-state index is 0. The molecule has 0 aliphatic carbocycles. The molecule has 16 heavy (non-hydrogen) atoms. The van der Waals surface area contributed by atoms with Crippen LogP contribution in [0.5, 0.6) is 0 Å². The third-order valence-electron chi connectivity index (χ3n) is 2.68. The normalized spacial score (nSPS) is 19.2. The largest absolute Gasteiger partial charge is 0.478 e. The summed E-state index contributed by atoms with van der Waals surface area (Å²) in [6.07, 6.45) is 2.05. The summed E-state index contributed by atoms with van der Waals surface area (Å²) in [5, 5.41) is 12.0. The highest BCUT2D eigenvalue weighted by Gasteiger charge is 2.19. The maximum absolute atomic E-state index is 13.1. The zero-order valence-electron chi connectivity index (χ0n) is 8.57.